The maximum Gasteiger partial charge on any atom is 0.572 e. The van der Waals surface area contributed by atoms with E-state index >= 15 is 0 Å². The molecule has 13 rings (SSSR count). The molecule has 41 heteroatoms. The molecule has 1 amide bonds. The van der Waals surface area contributed by atoms with E-state index in [4.69, 9.17) is 33.7 Å². The second kappa shape index (κ2) is 51.3. The van der Waals surface area contributed by atoms with Gasteiger partial charge in [0.2, 0.25) is 74.6 Å². The maximum atomic E-state index is 13.3. The topological polar surface area (TPSA) is 161 Å². The quantitative estimate of drug-likeness (QED) is 0.0296. The van der Waals surface area contributed by atoms with Gasteiger partial charge in [0.05, 0.1) is 32.1 Å². The molecule has 722 valence electrons. The molecule has 0 N–H and O–H groups in total. The first-order valence-corrected chi connectivity index (χ1v) is 41.3. The molecule has 3 aliphatic rings. The number of hydrogen-bond acceptors (Lipinski definition) is 12. The van der Waals surface area contributed by atoms with Crippen molar-refractivity contribution >= 4 is 12.2 Å². The monoisotopic (exact) mass is 1910 g/mol. The Hall–Kier alpha value is -12.7. The Bertz CT molecular complexity index is 5430. The Kier molecular flexibility index (Phi) is 42.1. The van der Waals surface area contributed by atoms with Crippen LogP contribution in [0.4, 0.5) is 97.4 Å². The molecule has 1 saturated heterocycles. The van der Waals surface area contributed by atoms with Crippen LogP contribution in [-0.4, -0.2) is 75.5 Å². The highest BCUT2D eigenvalue weighted by atomic mass is 19.2. The fraction of sp³-hybridized carbons (Fsp3) is 0.391. The number of para-hydroxylation sites is 1. The molecule has 3 fully saturated rings. The predicted molar refractivity (Wildman–Crippen MR) is 431 cm³/mol. The van der Waals surface area contributed by atoms with Gasteiger partial charge in [0.15, 0.2) is 25.9 Å². The summed E-state index contributed by atoms with van der Waals surface area (Å²) >= 11 is 0. The van der Waals surface area contributed by atoms with Crippen molar-refractivity contribution in [1.82, 2.24) is 4.90 Å². The summed E-state index contributed by atoms with van der Waals surface area (Å²) in [5.74, 6) is -41.7. The summed E-state index contributed by atoms with van der Waals surface area (Å²) in [6, 6.07) is 31.7. The lowest BCUT2D eigenvalue weighted by atomic mass is 9.90. The van der Waals surface area contributed by atoms with Crippen molar-refractivity contribution in [3.63, 3.8) is 0 Å². The number of benzene rings is 2. The van der Waals surface area contributed by atoms with E-state index in [2.05, 4.69) is 73.1 Å². The van der Waals surface area contributed by atoms with Crippen molar-refractivity contribution in [3.8, 4) is 5.75 Å². The molecule has 9 heterocycles. The SMILES string of the molecule is C=CCO[n+]1c(C)cc(C)cc1C.CO[n+]1c(F)c(F)c(F)c(F)c1F.Cc1cc(C)[n+](OC(=O)N2CCOCC2)c(C)c1.Cc1cc(C)[n+](OC(=O)OC(C)(C)C)c(C)c1.Cc1cc(C)[n+](OC2CCCCC2)c(C)c1.Fc1c(F)c(F)[n+](OCC2CCCCC2)c(F)c1F.Fc1c(F)c(F)[n+](OCc2ccccc2)c(F)c1F.Fc1c(F)c(F)[n+](Oc2ccccc2)c(F)c1F. The minimum atomic E-state index is -2.24. The number of rotatable bonds is 16. The van der Waals surface area contributed by atoms with E-state index in [-0.39, 0.29) is 40.4 Å². The molecule has 8 aromatic heterocycles. The van der Waals surface area contributed by atoms with Crippen molar-refractivity contribution in [3.05, 3.63) is 313 Å². The lowest BCUT2D eigenvalue weighted by molar-refractivity contribution is -0.935. The fourth-order valence-corrected chi connectivity index (χ4v) is 13.2. The van der Waals surface area contributed by atoms with Crippen LogP contribution in [0.15, 0.2) is 122 Å². The highest BCUT2D eigenvalue weighted by molar-refractivity contribution is 5.67. The molecular weight excluding hydrogens is 1800 g/mol. The summed E-state index contributed by atoms with van der Waals surface area (Å²) in [5, 5.41) is 0. The molecule has 21 nitrogen and oxygen atoms in total. The number of carbonyl (C=O) groups excluding carboxylic acids is 2. The Balaban J connectivity index is 0.000000235. The number of aryl methyl sites for hydroxylation is 12. The summed E-state index contributed by atoms with van der Waals surface area (Å²) in [5.41, 5.74) is 13.0. The Labute approximate surface area is 754 Å². The van der Waals surface area contributed by atoms with Crippen molar-refractivity contribution in [2.24, 2.45) is 5.92 Å². The zero-order valence-corrected chi connectivity index (χ0v) is 75.8. The van der Waals surface area contributed by atoms with Crippen LogP contribution >= 0.6 is 0 Å². The maximum absolute atomic E-state index is 13.3. The standard InChI is InChI=1S/C14H22NO.C13H19N2O3.C13H20NO3.C12H13F5NO.C12H7F5NO.C11H5F5NO.C11H16NO.C6H3F5NO/c1-11-9-12(2)15(13(3)10-11)16-14-7-5-4-6-8-14;1-10-8-11(2)15(12(3)9-10)18-13(16)14-4-6-17-7-5-14;1-9-7-10(2)14(11(3)8-9)17-12(15)16-13(4,5)6;2*13-8-9(14)11(16)18(12(17)10(8)15)19-6-7-4-2-1-3-5-7;12-7-8(13)10(15)17(11(16)9(7)14)18-6-4-2-1-3-5-6;1-5-6-13-12-10(3)7-9(2)8-11(12)4;1-13-12-5(10)3(8)2(7)4(9)6(12)11/h9-10,14H,4-8H2,1-3H3;8-9H,4-7H2,1-3H3;7-8H,1-6H3;7H,1-6H2;1-5H,6H2;1-5H;5,7-8H,1,6H2,2-4H3;1H3/q8*+1. The second-order valence-corrected chi connectivity index (χ2v) is 31.3. The third kappa shape index (κ3) is 31.5. The average Bonchev–Trinajstić information content (AvgIpc) is 0.799. The number of aromatic nitrogens is 8. The van der Waals surface area contributed by atoms with Crippen LogP contribution < -0.4 is 76.5 Å². The third-order valence-electron chi connectivity index (χ3n) is 19.1. The Morgan fingerprint density at radius 3 is 1.10 bits per heavy atom. The first kappa shape index (κ1) is 109. The Morgan fingerprint density at radius 2 is 0.729 bits per heavy atom. The zero-order chi connectivity index (χ0) is 99.2. The average molecular weight is 1910 g/mol. The number of amides is 1. The molecule has 2 aromatic carbocycles. The van der Waals surface area contributed by atoms with Gasteiger partial charge in [-0.2, -0.15) is 62.3 Å². The lowest BCUT2D eigenvalue weighted by Crippen LogP contribution is -2.56. The first-order chi connectivity index (χ1) is 62.6. The van der Waals surface area contributed by atoms with Crippen molar-refractivity contribution in [1.29, 1.82) is 0 Å². The molecule has 0 radical (unpaired) electrons. The summed E-state index contributed by atoms with van der Waals surface area (Å²) in [6.07, 6.45) is 12.3. The summed E-state index contributed by atoms with van der Waals surface area (Å²) in [6.45, 7) is 35.6. The molecule has 1 aliphatic heterocycles. The van der Waals surface area contributed by atoms with Crippen LogP contribution in [-0.2, 0) is 16.1 Å². The van der Waals surface area contributed by atoms with E-state index in [1.807, 2.05) is 89.1 Å². The molecular formula is C92H105F20N9O12+8. The van der Waals surface area contributed by atoms with Crippen LogP contribution in [0.5, 0.6) is 5.75 Å². The van der Waals surface area contributed by atoms with Crippen molar-refractivity contribution in [2.45, 2.75) is 186 Å². The number of halogens is 20. The number of ether oxygens (including phenoxy) is 2. The van der Waals surface area contributed by atoms with Gasteiger partial charge in [-0.05, 0) is 133 Å². The largest absolute Gasteiger partial charge is 0.572 e. The van der Waals surface area contributed by atoms with Crippen LogP contribution in [0.25, 0.3) is 0 Å². The summed E-state index contributed by atoms with van der Waals surface area (Å²) < 4.78 is 273. The predicted octanol–water partition coefficient (Wildman–Crippen LogP) is 15.4. The van der Waals surface area contributed by atoms with Gasteiger partial charge in [0, 0.05) is 142 Å². The second-order valence-electron chi connectivity index (χ2n) is 31.3. The van der Waals surface area contributed by atoms with Gasteiger partial charge in [0.25, 0.3) is 46.5 Å². The molecule has 0 atom stereocenters. The first-order valence-electron chi connectivity index (χ1n) is 41.3. The fourth-order valence-electron chi connectivity index (χ4n) is 13.2. The molecule has 0 unspecified atom stereocenters. The van der Waals surface area contributed by atoms with Gasteiger partial charge >= 0.3 is 59.8 Å². The van der Waals surface area contributed by atoms with Gasteiger partial charge in [-0.25, -0.2) is 9.63 Å². The van der Waals surface area contributed by atoms with E-state index in [0.29, 0.717) is 44.6 Å². The number of hydrogen-bond donors (Lipinski definition) is 0. The minimum absolute atomic E-state index is 0.0664. The molecule has 10 aromatic rings. The normalized spacial score (nSPS) is 12.9. The molecule has 2 saturated carbocycles. The summed E-state index contributed by atoms with van der Waals surface area (Å²) in [4.78, 5) is 65.2. The van der Waals surface area contributed by atoms with Gasteiger partial charge in [-0.1, -0.05) is 80.8 Å². The van der Waals surface area contributed by atoms with Crippen LogP contribution in [0.1, 0.15) is 158 Å². The number of pyridine rings is 8. The molecule has 133 heavy (non-hydrogen) atoms. The van der Waals surface area contributed by atoms with Gasteiger partial charge < -0.3 is 9.47 Å². The molecule has 0 bridgehead atoms. The molecule has 0 spiro atoms. The molecule has 2 aliphatic carbocycles. The highest BCUT2D eigenvalue weighted by Crippen LogP contribution is 2.25. The van der Waals surface area contributed by atoms with E-state index in [1.165, 1.54) is 83.6 Å². The van der Waals surface area contributed by atoms with Crippen molar-refractivity contribution < 1.29 is 183 Å². The van der Waals surface area contributed by atoms with Crippen LogP contribution in [0.2, 0.25) is 0 Å². The van der Waals surface area contributed by atoms with Crippen LogP contribution in [0, 0.1) is 206 Å². The summed E-state index contributed by atoms with van der Waals surface area (Å²) in [7, 11) is 0.767. The van der Waals surface area contributed by atoms with Crippen molar-refractivity contribution in [2.75, 3.05) is 46.6 Å². The van der Waals surface area contributed by atoms with Crippen LogP contribution in [0.3, 0.4) is 0 Å². The van der Waals surface area contributed by atoms with Gasteiger partial charge in [-0.3, -0.25) is 29.1 Å². The number of nitrogens with zero attached hydrogens (tertiary/aromatic N) is 9. The highest BCUT2D eigenvalue weighted by Gasteiger charge is 2.41. The van der Waals surface area contributed by atoms with E-state index in [1.54, 1.807) is 72.9 Å². The van der Waals surface area contributed by atoms with Gasteiger partial charge in [0.1, 0.15) is 12.7 Å². The number of morpholine rings is 1. The Morgan fingerprint density at radius 1 is 0.398 bits per heavy atom. The van der Waals surface area contributed by atoms with E-state index in [9.17, 15) is 97.4 Å². The minimum Gasteiger partial charge on any atom is -0.425 e. The third-order valence-corrected chi connectivity index (χ3v) is 19.1. The van der Waals surface area contributed by atoms with E-state index < -0.39 is 139 Å². The van der Waals surface area contributed by atoms with Gasteiger partial charge in [-0.15, -0.1) is 40.0 Å². The number of carbonyl (C=O) groups is 2. The smallest absolute Gasteiger partial charge is 0.425 e. The lowest BCUT2D eigenvalue weighted by Gasteiger charge is -2.24. The zero-order valence-electron chi connectivity index (χ0n) is 75.8. The van der Waals surface area contributed by atoms with E-state index in [0.717, 1.165) is 84.5 Å².